The van der Waals surface area contributed by atoms with Gasteiger partial charge >= 0.3 is 0 Å². The molecule has 0 N–H and O–H groups in total. The third-order valence-corrected chi connectivity index (χ3v) is 5.52. The van der Waals surface area contributed by atoms with Gasteiger partial charge in [0.1, 0.15) is 6.33 Å². The first-order valence-corrected chi connectivity index (χ1v) is 9.43. The SMILES string of the molecule is Cc1cc(C(=O)CSc2nncn2C2CC2)c(C)n1-c1ccccc1. The molecule has 0 atom stereocenters. The molecule has 128 valence electrons. The van der Waals surface area contributed by atoms with E-state index in [4.69, 9.17) is 0 Å². The van der Waals surface area contributed by atoms with E-state index < -0.39 is 0 Å². The highest BCUT2D eigenvalue weighted by Gasteiger charge is 2.26. The summed E-state index contributed by atoms with van der Waals surface area (Å²) in [7, 11) is 0. The van der Waals surface area contributed by atoms with Gasteiger partial charge in [-0.25, -0.2) is 0 Å². The largest absolute Gasteiger partial charge is 0.318 e. The fourth-order valence-corrected chi connectivity index (χ4v) is 4.03. The quantitative estimate of drug-likeness (QED) is 0.497. The Bertz CT molecular complexity index is 909. The molecule has 0 radical (unpaired) electrons. The van der Waals surface area contributed by atoms with Crippen LogP contribution in [0.1, 0.15) is 40.6 Å². The topological polar surface area (TPSA) is 52.7 Å². The molecule has 0 spiro atoms. The van der Waals surface area contributed by atoms with Crippen molar-refractivity contribution >= 4 is 17.5 Å². The van der Waals surface area contributed by atoms with E-state index in [1.807, 2.05) is 38.1 Å². The van der Waals surface area contributed by atoms with Crippen LogP contribution in [-0.2, 0) is 0 Å². The van der Waals surface area contributed by atoms with Crippen LogP contribution in [0.15, 0.2) is 47.9 Å². The first-order chi connectivity index (χ1) is 12.1. The van der Waals surface area contributed by atoms with Crippen molar-refractivity contribution in [2.24, 2.45) is 0 Å². The number of hydrogen-bond acceptors (Lipinski definition) is 4. The van der Waals surface area contributed by atoms with Crippen LogP contribution in [-0.4, -0.2) is 30.9 Å². The number of rotatable bonds is 6. The van der Waals surface area contributed by atoms with Crippen molar-refractivity contribution in [2.45, 2.75) is 37.9 Å². The summed E-state index contributed by atoms with van der Waals surface area (Å²) in [6.07, 6.45) is 4.13. The lowest BCUT2D eigenvalue weighted by atomic mass is 10.2. The van der Waals surface area contributed by atoms with E-state index in [1.165, 1.54) is 24.6 Å². The molecule has 0 unspecified atom stereocenters. The van der Waals surface area contributed by atoms with Crippen molar-refractivity contribution < 1.29 is 4.79 Å². The maximum Gasteiger partial charge on any atom is 0.191 e. The Balaban J connectivity index is 1.53. The van der Waals surface area contributed by atoms with E-state index in [0.29, 0.717) is 11.8 Å². The monoisotopic (exact) mass is 352 g/mol. The fraction of sp³-hybridized carbons (Fsp3) is 0.316. The van der Waals surface area contributed by atoms with Crippen LogP contribution < -0.4 is 0 Å². The smallest absolute Gasteiger partial charge is 0.191 e. The van der Waals surface area contributed by atoms with Crippen LogP contribution in [0.2, 0.25) is 0 Å². The number of para-hydroxylation sites is 1. The van der Waals surface area contributed by atoms with Gasteiger partial charge in [0, 0.05) is 28.7 Å². The van der Waals surface area contributed by atoms with Gasteiger partial charge in [-0.15, -0.1) is 10.2 Å². The summed E-state index contributed by atoms with van der Waals surface area (Å²) in [4.78, 5) is 12.8. The minimum absolute atomic E-state index is 0.130. The lowest BCUT2D eigenvalue weighted by Crippen LogP contribution is -2.06. The summed E-state index contributed by atoms with van der Waals surface area (Å²) in [5.41, 5.74) is 3.92. The zero-order valence-corrected chi connectivity index (χ0v) is 15.2. The zero-order valence-electron chi connectivity index (χ0n) is 14.3. The van der Waals surface area contributed by atoms with Crippen LogP contribution >= 0.6 is 11.8 Å². The first-order valence-electron chi connectivity index (χ1n) is 8.45. The van der Waals surface area contributed by atoms with E-state index in [9.17, 15) is 4.79 Å². The highest BCUT2D eigenvalue weighted by atomic mass is 32.2. The second-order valence-corrected chi connectivity index (χ2v) is 7.36. The van der Waals surface area contributed by atoms with E-state index in [-0.39, 0.29) is 5.78 Å². The van der Waals surface area contributed by atoms with Crippen LogP contribution in [0.5, 0.6) is 0 Å². The normalized spacial score (nSPS) is 14.0. The van der Waals surface area contributed by atoms with Crippen LogP contribution in [0.3, 0.4) is 0 Å². The van der Waals surface area contributed by atoms with E-state index >= 15 is 0 Å². The molecule has 0 aliphatic heterocycles. The zero-order chi connectivity index (χ0) is 17.4. The number of carbonyl (C=O) groups excluding carboxylic acids is 1. The van der Waals surface area contributed by atoms with Gasteiger partial charge in [-0.3, -0.25) is 4.79 Å². The molecule has 0 amide bonds. The fourth-order valence-electron chi connectivity index (χ4n) is 3.17. The molecule has 1 fully saturated rings. The minimum atomic E-state index is 0.130. The van der Waals surface area contributed by atoms with Crippen LogP contribution in [0.4, 0.5) is 0 Å². The number of aryl methyl sites for hydroxylation is 1. The molecule has 1 saturated carbocycles. The molecule has 3 aromatic rings. The predicted octanol–water partition coefficient (Wildman–Crippen LogP) is 4.00. The number of thioether (sulfide) groups is 1. The van der Waals surface area contributed by atoms with Gasteiger partial charge < -0.3 is 9.13 Å². The van der Waals surface area contributed by atoms with Crippen molar-refractivity contribution in [1.82, 2.24) is 19.3 Å². The Kier molecular flexibility index (Phi) is 4.21. The Hall–Kier alpha value is -2.34. The summed E-state index contributed by atoms with van der Waals surface area (Å²) >= 11 is 1.48. The molecule has 0 bridgehead atoms. The van der Waals surface area contributed by atoms with Crippen LogP contribution in [0, 0.1) is 13.8 Å². The number of nitrogens with zero attached hydrogens (tertiary/aromatic N) is 4. The second kappa shape index (κ2) is 6.52. The molecular weight excluding hydrogens is 332 g/mol. The summed E-state index contributed by atoms with van der Waals surface area (Å²) in [6.45, 7) is 4.04. The Morgan fingerprint density at radius 3 is 2.72 bits per heavy atom. The molecule has 6 heteroatoms. The van der Waals surface area contributed by atoms with E-state index in [1.54, 1.807) is 6.33 Å². The summed E-state index contributed by atoms with van der Waals surface area (Å²) in [5.74, 6) is 0.510. The molecule has 5 nitrogen and oxygen atoms in total. The Morgan fingerprint density at radius 1 is 1.24 bits per heavy atom. The molecule has 1 aliphatic rings. The summed E-state index contributed by atoms with van der Waals surface area (Å²) in [6, 6.07) is 12.6. The van der Waals surface area contributed by atoms with Gasteiger partial charge in [0.25, 0.3) is 0 Å². The third-order valence-electron chi connectivity index (χ3n) is 4.56. The Labute approximate surface area is 151 Å². The number of benzene rings is 1. The first kappa shape index (κ1) is 16.1. The standard InChI is InChI=1S/C19H20N4OS/c1-13-10-17(14(2)23(13)16-6-4-3-5-7-16)18(24)11-25-19-21-20-12-22(19)15-8-9-15/h3-7,10,12,15H,8-9,11H2,1-2H3. The van der Waals surface area contributed by atoms with Crippen molar-refractivity contribution in [3.05, 3.63) is 59.7 Å². The van der Waals surface area contributed by atoms with Crippen molar-refractivity contribution in [2.75, 3.05) is 5.75 Å². The Morgan fingerprint density at radius 2 is 2.00 bits per heavy atom. The third kappa shape index (κ3) is 3.14. The van der Waals surface area contributed by atoms with Crippen molar-refractivity contribution in [1.29, 1.82) is 0 Å². The maximum absolute atomic E-state index is 12.8. The van der Waals surface area contributed by atoms with Gasteiger partial charge in [0.2, 0.25) is 0 Å². The molecule has 2 aromatic heterocycles. The molecular formula is C19H20N4OS. The lowest BCUT2D eigenvalue weighted by molar-refractivity contribution is 0.102. The molecule has 2 heterocycles. The number of Topliss-reactive ketones (excluding diaryl/α,β-unsaturated/α-hetero) is 1. The number of aromatic nitrogens is 4. The molecule has 0 saturated heterocycles. The maximum atomic E-state index is 12.8. The predicted molar refractivity (Wildman–Crippen MR) is 98.6 cm³/mol. The van der Waals surface area contributed by atoms with Gasteiger partial charge in [-0.1, -0.05) is 30.0 Å². The van der Waals surface area contributed by atoms with Crippen molar-refractivity contribution in [3.63, 3.8) is 0 Å². The average molecular weight is 352 g/mol. The van der Waals surface area contributed by atoms with E-state index in [2.05, 4.69) is 31.5 Å². The summed E-state index contributed by atoms with van der Waals surface area (Å²) < 4.78 is 4.22. The molecule has 4 rings (SSSR count). The molecule has 1 aliphatic carbocycles. The second-order valence-electron chi connectivity index (χ2n) is 6.42. The van der Waals surface area contributed by atoms with Gasteiger partial charge in [0.05, 0.1) is 5.75 Å². The minimum Gasteiger partial charge on any atom is -0.318 e. The average Bonchev–Trinajstić information content (AvgIpc) is 3.28. The van der Waals surface area contributed by atoms with Gasteiger partial charge in [-0.2, -0.15) is 0 Å². The van der Waals surface area contributed by atoms with Crippen molar-refractivity contribution in [3.8, 4) is 5.69 Å². The van der Waals surface area contributed by atoms with Gasteiger partial charge in [-0.05, 0) is 44.9 Å². The van der Waals surface area contributed by atoms with Gasteiger partial charge in [0.15, 0.2) is 10.9 Å². The molecule has 1 aromatic carbocycles. The summed E-state index contributed by atoms with van der Waals surface area (Å²) in [5, 5.41) is 8.98. The number of hydrogen-bond donors (Lipinski definition) is 0. The molecule has 25 heavy (non-hydrogen) atoms. The number of ketones is 1. The van der Waals surface area contributed by atoms with Crippen LogP contribution in [0.25, 0.3) is 5.69 Å². The lowest BCUT2D eigenvalue weighted by Gasteiger charge is -2.09. The van der Waals surface area contributed by atoms with E-state index in [0.717, 1.165) is 27.8 Å². The highest BCUT2D eigenvalue weighted by Crippen LogP contribution is 2.37. The highest BCUT2D eigenvalue weighted by molar-refractivity contribution is 7.99. The number of carbonyl (C=O) groups is 1.